The van der Waals surface area contributed by atoms with Crippen LogP contribution in [-0.2, 0) is 0 Å². The van der Waals surface area contributed by atoms with E-state index in [4.69, 9.17) is 9.40 Å². The van der Waals surface area contributed by atoms with Gasteiger partial charge in [0.25, 0.3) is 0 Å². The molecule has 0 aliphatic carbocycles. The molecule has 3 heterocycles. The van der Waals surface area contributed by atoms with Crippen molar-refractivity contribution < 1.29 is 4.42 Å². The van der Waals surface area contributed by atoms with Crippen LogP contribution in [0.3, 0.4) is 0 Å². The van der Waals surface area contributed by atoms with Crippen LogP contribution in [0.2, 0.25) is 0 Å². The van der Waals surface area contributed by atoms with Gasteiger partial charge >= 0.3 is 0 Å². The molecule has 0 saturated carbocycles. The average molecular weight is 353 g/mol. The molecule has 0 aliphatic heterocycles. The van der Waals surface area contributed by atoms with Crippen LogP contribution in [0.1, 0.15) is 5.56 Å². The predicted molar refractivity (Wildman–Crippen MR) is 105 cm³/mol. The monoisotopic (exact) mass is 353 g/mol. The molecular weight excluding hydrogens is 338 g/mol. The van der Waals surface area contributed by atoms with Gasteiger partial charge in [-0.05, 0) is 48.9 Å². The third-order valence-corrected chi connectivity index (χ3v) is 4.34. The molecule has 5 aromatic rings. The molecule has 0 aliphatic rings. The number of pyridine rings is 1. The molecule has 27 heavy (non-hydrogen) atoms. The highest BCUT2D eigenvalue weighted by Crippen LogP contribution is 2.28. The summed E-state index contributed by atoms with van der Waals surface area (Å²) in [4.78, 5) is 18.0. The number of nitrogens with zero attached hydrogens (tertiary/aromatic N) is 4. The number of hydrogen-bond donors (Lipinski definition) is 1. The van der Waals surface area contributed by atoms with Crippen LogP contribution in [-0.4, -0.2) is 19.9 Å². The fraction of sp³-hybridized carbons (Fsp3) is 0.0476. The summed E-state index contributed by atoms with van der Waals surface area (Å²) in [7, 11) is 0. The second-order valence-electron chi connectivity index (χ2n) is 6.29. The zero-order valence-electron chi connectivity index (χ0n) is 14.5. The van der Waals surface area contributed by atoms with Crippen molar-refractivity contribution in [3.05, 3.63) is 72.8 Å². The second-order valence-corrected chi connectivity index (χ2v) is 6.29. The number of rotatable bonds is 3. The minimum Gasteiger partial charge on any atom is -0.443 e. The van der Waals surface area contributed by atoms with E-state index in [9.17, 15) is 0 Å². The van der Waals surface area contributed by atoms with Gasteiger partial charge in [0.05, 0.1) is 5.52 Å². The zero-order chi connectivity index (χ0) is 18.2. The van der Waals surface area contributed by atoms with Crippen LogP contribution in [0.15, 0.2) is 71.6 Å². The molecule has 0 unspecified atom stereocenters. The fourth-order valence-corrected chi connectivity index (χ4v) is 3.01. The Morgan fingerprint density at radius 1 is 0.889 bits per heavy atom. The molecule has 130 valence electrons. The zero-order valence-corrected chi connectivity index (χ0v) is 14.5. The van der Waals surface area contributed by atoms with E-state index in [-0.39, 0.29) is 0 Å². The number of aromatic nitrogens is 4. The number of oxazole rings is 1. The third-order valence-electron chi connectivity index (χ3n) is 4.34. The quantitative estimate of drug-likeness (QED) is 0.498. The summed E-state index contributed by atoms with van der Waals surface area (Å²) in [5, 5.41) is 4.32. The van der Waals surface area contributed by atoms with Gasteiger partial charge < -0.3 is 9.73 Å². The van der Waals surface area contributed by atoms with Gasteiger partial charge in [0.15, 0.2) is 17.8 Å². The molecule has 0 saturated heterocycles. The van der Waals surface area contributed by atoms with E-state index >= 15 is 0 Å². The van der Waals surface area contributed by atoms with Gasteiger partial charge in [0.1, 0.15) is 17.0 Å². The second kappa shape index (κ2) is 6.17. The molecule has 0 radical (unpaired) electrons. The summed E-state index contributed by atoms with van der Waals surface area (Å²) in [6, 6.07) is 17.6. The van der Waals surface area contributed by atoms with Gasteiger partial charge in [-0.1, -0.05) is 12.1 Å². The van der Waals surface area contributed by atoms with E-state index in [1.54, 1.807) is 6.20 Å². The van der Waals surface area contributed by atoms with E-state index in [1.165, 1.54) is 6.39 Å². The molecule has 0 spiro atoms. The van der Waals surface area contributed by atoms with Gasteiger partial charge in [-0.15, -0.1) is 0 Å². The first-order valence-electron chi connectivity index (χ1n) is 8.56. The van der Waals surface area contributed by atoms with Crippen LogP contribution in [0.4, 0.5) is 11.5 Å². The molecule has 0 bridgehead atoms. The van der Waals surface area contributed by atoms with Crippen molar-refractivity contribution in [3.8, 4) is 11.5 Å². The highest BCUT2D eigenvalue weighted by Gasteiger charge is 2.11. The van der Waals surface area contributed by atoms with Crippen molar-refractivity contribution in [1.82, 2.24) is 19.9 Å². The summed E-state index contributed by atoms with van der Waals surface area (Å²) in [6.07, 6.45) is 3.21. The van der Waals surface area contributed by atoms with Crippen LogP contribution in [0.5, 0.6) is 0 Å². The first-order valence-corrected chi connectivity index (χ1v) is 8.56. The first-order chi connectivity index (χ1) is 13.3. The Kier molecular flexibility index (Phi) is 3.53. The van der Waals surface area contributed by atoms with E-state index in [1.807, 2.05) is 61.5 Å². The van der Waals surface area contributed by atoms with E-state index in [2.05, 4.69) is 20.3 Å². The number of nitrogens with one attached hydrogen (secondary N) is 1. The number of para-hydroxylation sites is 1. The van der Waals surface area contributed by atoms with Crippen LogP contribution in [0.25, 0.3) is 33.5 Å². The minimum absolute atomic E-state index is 0.584. The van der Waals surface area contributed by atoms with Gasteiger partial charge in [0, 0.05) is 23.3 Å². The molecule has 6 nitrogen and oxygen atoms in total. The van der Waals surface area contributed by atoms with Gasteiger partial charge in [-0.25, -0.2) is 15.0 Å². The number of aryl methyl sites for hydroxylation is 1. The Morgan fingerprint density at radius 3 is 2.74 bits per heavy atom. The van der Waals surface area contributed by atoms with Crippen molar-refractivity contribution in [2.24, 2.45) is 0 Å². The molecule has 5 rings (SSSR count). The first kappa shape index (κ1) is 15.5. The lowest BCUT2D eigenvalue weighted by atomic mass is 10.2. The van der Waals surface area contributed by atoms with E-state index in [0.717, 1.165) is 44.8 Å². The van der Waals surface area contributed by atoms with Crippen molar-refractivity contribution in [2.45, 2.75) is 6.92 Å². The summed E-state index contributed by atoms with van der Waals surface area (Å²) < 4.78 is 5.40. The summed E-state index contributed by atoms with van der Waals surface area (Å²) in [6.45, 7) is 2.03. The maximum absolute atomic E-state index is 5.40. The number of anilines is 2. The topological polar surface area (TPSA) is 76.7 Å². The lowest BCUT2D eigenvalue weighted by Crippen LogP contribution is -2.00. The highest BCUT2D eigenvalue weighted by atomic mass is 16.3. The minimum atomic E-state index is 0.584. The fourth-order valence-electron chi connectivity index (χ4n) is 3.01. The van der Waals surface area contributed by atoms with Crippen LogP contribution >= 0.6 is 0 Å². The maximum atomic E-state index is 5.40. The average Bonchev–Trinajstić information content (AvgIpc) is 3.16. The Morgan fingerprint density at radius 2 is 1.81 bits per heavy atom. The van der Waals surface area contributed by atoms with Gasteiger partial charge in [-0.3, -0.25) is 4.98 Å². The predicted octanol–water partition coefficient (Wildman–Crippen LogP) is 4.89. The normalized spacial score (nSPS) is 11.1. The summed E-state index contributed by atoms with van der Waals surface area (Å²) in [5.41, 5.74) is 5.12. The van der Waals surface area contributed by atoms with Crippen molar-refractivity contribution in [1.29, 1.82) is 0 Å². The Hall–Kier alpha value is -3.80. The van der Waals surface area contributed by atoms with Crippen LogP contribution in [0, 0.1) is 6.92 Å². The lowest BCUT2D eigenvalue weighted by Gasteiger charge is -2.11. The van der Waals surface area contributed by atoms with Crippen LogP contribution < -0.4 is 5.32 Å². The van der Waals surface area contributed by atoms with E-state index in [0.29, 0.717) is 5.82 Å². The molecule has 0 fully saturated rings. The molecule has 1 N–H and O–H groups in total. The number of benzene rings is 2. The van der Waals surface area contributed by atoms with Gasteiger partial charge in [-0.2, -0.15) is 0 Å². The summed E-state index contributed by atoms with van der Waals surface area (Å²) in [5.74, 6) is 1.30. The Labute approximate surface area is 154 Å². The molecular formula is C21H15N5O. The molecule has 0 atom stereocenters. The molecule has 6 heteroatoms. The third kappa shape index (κ3) is 2.87. The Balaban J connectivity index is 1.65. The van der Waals surface area contributed by atoms with Crippen molar-refractivity contribution in [2.75, 3.05) is 5.32 Å². The smallest absolute Gasteiger partial charge is 0.181 e. The number of fused-ring (bicyclic) bond motifs is 2. The molecule has 3 aromatic heterocycles. The molecule has 2 aromatic carbocycles. The van der Waals surface area contributed by atoms with E-state index < -0.39 is 0 Å². The SMILES string of the molecule is Cc1ccnc(-c2nc(Nc3ccc4ncoc4c3)c3ccccc3n2)c1. The standard InChI is InChI=1S/C21H15N5O/c1-13-8-9-22-18(10-13)21-25-16-5-3-2-4-15(16)20(26-21)24-14-6-7-17-19(11-14)27-12-23-17/h2-12H,1H3,(H,24,25,26). The molecule has 0 amide bonds. The summed E-state index contributed by atoms with van der Waals surface area (Å²) >= 11 is 0. The maximum Gasteiger partial charge on any atom is 0.181 e. The van der Waals surface area contributed by atoms with Crippen molar-refractivity contribution in [3.63, 3.8) is 0 Å². The largest absolute Gasteiger partial charge is 0.443 e. The Bertz CT molecular complexity index is 1280. The lowest BCUT2D eigenvalue weighted by molar-refractivity contribution is 0.602. The highest BCUT2D eigenvalue weighted by molar-refractivity contribution is 5.92. The number of hydrogen-bond acceptors (Lipinski definition) is 6. The van der Waals surface area contributed by atoms with Gasteiger partial charge in [0.2, 0.25) is 0 Å². The van der Waals surface area contributed by atoms with Crippen molar-refractivity contribution >= 4 is 33.5 Å².